The highest BCUT2D eigenvalue weighted by molar-refractivity contribution is 5.82. The van der Waals surface area contributed by atoms with Gasteiger partial charge in [0.05, 0.1) is 0 Å². The lowest BCUT2D eigenvalue weighted by molar-refractivity contribution is -0.122. The van der Waals surface area contributed by atoms with Crippen molar-refractivity contribution >= 4 is 5.91 Å². The zero-order valence-electron chi connectivity index (χ0n) is 13.7. The minimum atomic E-state index is -0.119. The molecule has 1 aromatic carbocycles. The molecule has 2 saturated carbocycles. The molecule has 3 nitrogen and oxygen atoms in total. The van der Waals surface area contributed by atoms with Crippen LogP contribution in [0.5, 0.6) is 0 Å². The molecule has 120 valence electrons. The fourth-order valence-electron chi connectivity index (χ4n) is 3.96. The molecule has 3 atom stereocenters. The molecule has 1 aromatic rings. The Kier molecular flexibility index (Phi) is 4.53. The quantitative estimate of drug-likeness (QED) is 0.876. The topological polar surface area (TPSA) is 55.1 Å². The Morgan fingerprint density at radius 2 is 1.68 bits per heavy atom. The second-order valence-electron chi connectivity index (χ2n) is 7.31. The van der Waals surface area contributed by atoms with E-state index in [2.05, 4.69) is 43.4 Å². The summed E-state index contributed by atoms with van der Waals surface area (Å²) in [6.07, 6.45) is 5.08. The highest BCUT2D eigenvalue weighted by atomic mass is 16.2. The Balaban J connectivity index is 1.49. The number of amides is 1. The molecule has 3 N–H and O–H groups in total. The second-order valence-corrected chi connectivity index (χ2v) is 7.31. The van der Waals surface area contributed by atoms with Gasteiger partial charge in [-0.15, -0.1) is 0 Å². The molecule has 0 saturated heterocycles. The summed E-state index contributed by atoms with van der Waals surface area (Å²) in [7, 11) is 0. The average molecular weight is 300 g/mol. The Morgan fingerprint density at radius 3 is 2.23 bits per heavy atom. The lowest BCUT2D eigenvalue weighted by Gasteiger charge is -2.14. The molecule has 2 aliphatic rings. The fourth-order valence-corrected chi connectivity index (χ4v) is 3.96. The van der Waals surface area contributed by atoms with E-state index < -0.39 is 0 Å². The molecule has 0 spiro atoms. The van der Waals surface area contributed by atoms with Crippen molar-refractivity contribution < 1.29 is 4.79 Å². The van der Waals surface area contributed by atoms with Crippen LogP contribution in [0.4, 0.5) is 0 Å². The minimum Gasteiger partial charge on any atom is -0.354 e. The van der Waals surface area contributed by atoms with Gasteiger partial charge in [-0.05, 0) is 41.7 Å². The van der Waals surface area contributed by atoms with Crippen molar-refractivity contribution in [3.63, 3.8) is 0 Å². The number of hydrogen-bond donors (Lipinski definition) is 2. The van der Waals surface area contributed by atoms with Gasteiger partial charge in [-0.2, -0.15) is 0 Å². The van der Waals surface area contributed by atoms with E-state index in [4.69, 9.17) is 5.73 Å². The number of hydrogen-bond acceptors (Lipinski definition) is 2. The number of nitrogens with one attached hydrogen (secondary N) is 1. The number of nitrogens with two attached hydrogens (primary N) is 1. The maximum Gasteiger partial charge on any atom is 0.223 e. The van der Waals surface area contributed by atoms with Crippen LogP contribution in [-0.4, -0.2) is 12.5 Å². The van der Waals surface area contributed by atoms with E-state index in [0.29, 0.717) is 24.3 Å². The van der Waals surface area contributed by atoms with Crippen molar-refractivity contribution in [1.82, 2.24) is 5.32 Å². The number of carbonyl (C=O) groups is 1. The minimum absolute atomic E-state index is 0.119. The normalized spacial score (nSPS) is 28.1. The highest BCUT2D eigenvalue weighted by Crippen LogP contribution is 2.55. The van der Waals surface area contributed by atoms with Crippen molar-refractivity contribution in [3.05, 3.63) is 35.4 Å². The summed E-state index contributed by atoms with van der Waals surface area (Å²) >= 11 is 0. The smallest absolute Gasteiger partial charge is 0.223 e. The van der Waals surface area contributed by atoms with Crippen molar-refractivity contribution in [3.8, 4) is 0 Å². The molecule has 3 heteroatoms. The van der Waals surface area contributed by atoms with Gasteiger partial charge in [-0.25, -0.2) is 0 Å². The van der Waals surface area contributed by atoms with Crippen LogP contribution in [0.15, 0.2) is 24.3 Å². The molecule has 0 aromatic heterocycles. The number of carbonyl (C=O) groups excluding carboxylic acids is 1. The molecule has 3 unspecified atom stereocenters. The fraction of sp³-hybridized carbons (Fsp3) is 0.632. The summed E-state index contributed by atoms with van der Waals surface area (Å²) in [5.74, 6) is 2.36. The van der Waals surface area contributed by atoms with Gasteiger partial charge in [0.2, 0.25) is 5.91 Å². The first-order valence-electron chi connectivity index (χ1n) is 8.71. The third-order valence-corrected chi connectivity index (χ3v) is 5.49. The zero-order chi connectivity index (χ0) is 15.7. The van der Waals surface area contributed by atoms with E-state index in [0.717, 1.165) is 5.56 Å². The van der Waals surface area contributed by atoms with Crippen molar-refractivity contribution in [2.45, 2.75) is 51.5 Å². The Labute approximate surface area is 133 Å². The van der Waals surface area contributed by atoms with E-state index in [1.54, 1.807) is 0 Å². The summed E-state index contributed by atoms with van der Waals surface area (Å²) in [6.45, 7) is 4.91. The first-order chi connectivity index (χ1) is 10.6. The first-order valence-corrected chi connectivity index (χ1v) is 8.71. The van der Waals surface area contributed by atoms with Gasteiger partial charge in [0.1, 0.15) is 0 Å². The van der Waals surface area contributed by atoms with E-state index in [1.165, 1.54) is 31.2 Å². The lowest BCUT2D eigenvalue weighted by atomic mass is 9.99. The molecule has 0 bridgehead atoms. The monoisotopic (exact) mass is 300 g/mol. The molecular formula is C19H28N2O. The third kappa shape index (κ3) is 3.19. The van der Waals surface area contributed by atoms with Crippen LogP contribution in [0.25, 0.3) is 0 Å². The molecule has 22 heavy (non-hydrogen) atoms. The van der Waals surface area contributed by atoms with Gasteiger partial charge in [-0.3, -0.25) is 4.79 Å². The van der Waals surface area contributed by atoms with Crippen LogP contribution in [0, 0.1) is 17.8 Å². The summed E-state index contributed by atoms with van der Waals surface area (Å²) in [5, 5.41) is 3.07. The van der Waals surface area contributed by atoms with Crippen LogP contribution < -0.4 is 11.1 Å². The van der Waals surface area contributed by atoms with E-state index >= 15 is 0 Å². The van der Waals surface area contributed by atoms with Gasteiger partial charge in [0.15, 0.2) is 0 Å². The number of benzene rings is 1. The Bertz CT molecular complexity index is 511. The molecular weight excluding hydrogens is 272 g/mol. The van der Waals surface area contributed by atoms with Crippen molar-refractivity contribution in [2.24, 2.45) is 23.5 Å². The van der Waals surface area contributed by atoms with E-state index in [1.807, 2.05) is 0 Å². The molecule has 0 aliphatic heterocycles. The Morgan fingerprint density at radius 1 is 1.14 bits per heavy atom. The first kappa shape index (κ1) is 15.5. The molecule has 2 aliphatic carbocycles. The van der Waals surface area contributed by atoms with Gasteiger partial charge in [0.25, 0.3) is 0 Å². The highest BCUT2D eigenvalue weighted by Gasteiger charge is 2.54. The third-order valence-electron chi connectivity index (χ3n) is 5.49. The maximum atomic E-state index is 12.3. The van der Waals surface area contributed by atoms with E-state index in [-0.39, 0.29) is 17.9 Å². The van der Waals surface area contributed by atoms with Gasteiger partial charge >= 0.3 is 0 Å². The SMILES string of the molecule is CC(C)c1ccc(C(N)CNC(=O)C2C3CCCCC32)cc1. The predicted molar refractivity (Wildman–Crippen MR) is 89.4 cm³/mol. The summed E-state index contributed by atoms with van der Waals surface area (Å²) in [5.41, 5.74) is 8.64. The Hall–Kier alpha value is -1.35. The van der Waals surface area contributed by atoms with Crippen LogP contribution in [-0.2, 0) is 4.79 Å². The largest absolute Gasteiger partial charge is 0.354 e. The zero-order valence-corrected chi connectivity index (χ0v) is 13.7. The summed E-state index contributed by atoms with van der Waals surface area (Å²) < 4.78 is 0. The maximum absolute atomic E-state index is 12.3. The summed E-state index contributed by atoms with van der Waals surface area (Å²) in [4.78, 5) is 12.3. The summed E-state index contributed by atoms with van der Waals surface area (Å²) in [6, 6.07) is 8.33. The number of rotatable bonds is 5. The van der Waals surface area contributed by atoms with Crippen LogP contribution >= 0.6 is 0 Å². The molecule has 0 radical (unpaired) electrons. The van der Waals surface area contributed by atoms with Crippen molar-refractivity contribution in [2.75, 3.05) is 6.54 Å². The van der Waals surface area contributed by atoms with Gasteiger partial charge in [-0.1, -0.05) is 51.0 Å². The van der Waals surface area contributed by atoms with Gasteiger partial charge < -0.3 is 11.1 Å². The van der Waals surface area contributed by atoms with Crippen LogP contribution in [0.1, 0.15) is 62.6 Å². The standard InChI is InChI=1S/C19H28N2O/c1-12(2)13-7-9-14(10-8-13)17(20)11-21-19(22)18-15-5-3-4-6-16(15)18/h7-10,12,15-18H,3-6,11,20H2,1-2H3,(H,21,22). The molecule has 0 heterocycles. The average Bonchev–Trinajstić information content (AvgIpc) is 3.27. The van der Waals surface area contributed by atoms with Crippen molar-refractivity contribution in [1.29, 1.82) is 0 Å². The van der Waals surface area contributed by atoms with Crippen LogP contribution in [0.2, 0.25) is 0 Å². The molecule has 1 amide bonds. The second kappa shape index (κ2) is 6.41. The lowest BCUT2D eigenvalue weighted by Crippen LogP contribution is -2.33. The predicted octanol–water partition coefficient (Wildman–Crippen LogP) is 3.36. The van der Waals surface area contributed by atoms with Crippen LogP contribution in [0.3, 0.4) is 0 Å². The van der Waals surface area contributed by atoms with E-state index in [9.17, 15) is 4.79 Å². The molecule has 2 fully saturated rings. The molecule has 3 rings (SSSR count). The van der Waals surface area contributed by atoms with Gasteiger partial charge in [0, 0.05) is 18.5 Å². The number of fused-ring (bicyclic) bond motifs is 1.